The molecule has 3 heterocycles. The molecule has 110 valence electrons. The molecule has 4 nitrogen and oxygen atoms in total. The summed E-state index contributed by atoms with van der Waals surface area (Å²) >= 11 is 1.68. The smallest absolute Gasteiger partial charge is 0.0991 e. The van der Waals surface area contributed by atoms with Crippen LogP contribution in [0.4, 0.5) is 0 Å². The highest BCUT2D eigenvalue weighted by Gasteiger charge is 2.10. The molecule has 3 aromatic heterocycles. The van der Waals surface area contributed by atoms with Crippen molar-refractivity contribution in [3.05, 3.63) is 59.7 Å². The Hall–Kier alpha value is -2.97. The summed E-state index contributed by atoms with van der Waals surface area (Å²) in [5.41, 5.74) is 5.75. The third kappa shape index (κ3) is 2.39. The monoisotopic (exact) mass is 316 g/mol. The first kappa shape index (κ1) is 13.7. The molecule has 0 radical (unpaired) electrons. The van der Waals surface area contributed by atoms with Gasteiger partial charge in [-0.15, -0.1) is 11.3 Å². The second-order valence-electron chi connectivity index (χ2n) is 5.28. The van der Waals surface area contributed by atoms with Gasteiger partial charge in [-0.1, -0.05) is 12.1 Å². The van der Waals surface area contributed by atoms with Gasteiger partial charge in [0.2, 0.25) is 0 Å². The Morgan fingerprint density at radius 1 is 1.09 bits per heavy atom. The normalized spacial score (nSPS) is 10.8. The maximum atomic E-state index is 8.93. The zero-order valence-electron chi connectivity index (χ0n) is 12.4. The van der Waals surface area contributed by atoms with Crippen LogP contribution in [0.3, 0.4) is 0 Å². The van der Waals surface area contributed by atoms with Crippen molar-refractivity contribution in [2.75, 3.05) is 0 Å². The molecule has 0 saturated carbocycles. The van der Waals surface area contributed by atoms with Crippen LogP contribution in [0, 0.1) is 11.3 Å². The van der Waals surface area contributed by atoms with E-state index in [0.717, 1.165) is 32.6 Å². The minimum atomic E-state index is 0.664. The van der Waals surface area contributed by atoms with Crippen LogP contribution in [-0.2, 0) is 7.05 Å². The fourth-order valence-corrected chi connectivity index (χ4v) is 3.46. The van der Waals surface area contributed by atoms with Gasteiger partial charge in [0.15, 0.2) is 0 Å². The maximum absolute atomic E-state index is 8.93. The molecule has 0 N–H and O–H groups in total. The first-order valence-corrected chi connectivity index (χ1v) is 8.00. The number of aryl methyl sites for hydroxylation is 1. The van der Waals surface area contributed by atoms with E-state index >= 15 is 0 Å². The van der Waals surface area contributed by atoms with Gasteiger partial charge in [-0.25, -0.2) is 4.98 Å². The highest BCUT2D eigenvalue weighted by Crippen LogP contribution is 2.34. The number of nitrogens with zero attached hydrogens (tertiary/aromatic N) is 4. The van der Waals surface area contributed by atoms with Crippen molar-refractivity contribution >= 4 is 21.6 Å². The van der Waals surface area contributed by atoms with Crippen molar-refractivity contribution in [2.45, 2.75) is 0 Å². The molecule has 0 saturated heterocycles. The number of rotatable bonds is 2. The highest BCUT2D eigenvalue weighted by molar-refractivity contribution is 7.17. The van der Waals surface area contributed by atoms with Crippen LogP contribution >= 0.6 is 11.3 Å². The van der Waals surface area contributed by atoms with Gasteiger partial charge in [-0.3, -0.25) is 4.68 Å². The topological polar surface area (TPSA) is 54.5 Å². The Balaban J connectivity index is 1.85. The number of nitriles is 1. The lowest BCUT2D eigenvalue weighted by atomic mass is 10.1. The molecule has 0 atom stereocenters. The largest absolute Gasteiger partial charge is 0.275 e. The second-order valence-corrected chi connectivity index (χ2v) is 6.20. The zero-order valence-corrected chi connectivity index (χ0v) is 13.2. The van der Waals surface area contributed by atoms with Crippen molar-refractivity contribution in [3.63, 3.8) is 0 Å². The molecule has 0 unspecified atom stereocenters. The summed E-state index contributed by atoms with van der Waals surface area (Å²) in [5, 5.41) is 15.3. The van der Waals surface area contributed by atoms with E-state index in [1.807, 2.05) is 49.8 Å². The van der Waals surface area contributed by atoms with Gasteiger partial charge >= 0.3 is 0 Å². The van der Waals surface area contributed by atoms with Gasteiger partial charge in [0.05, 0.1) is 33.7 Å². The third-order valence-corrected chi connectivity index (χ3v) is 4.68. The summed E-state index contributed by atoms with van der Waals surface area (Å²) < 4.78 is 2.92. The van der Waals surface area contributed by atoms with E-state index in [2.05, 4.69) is 22.6 Å². The molecule has 1 aromatic carbocycles. The van der Waals surface area contributed by atoms with Gasteiger partial charge in [0, 0.05) is 29.8 Å². The van der Waals surface area contributed by atoms with Gasteiger partial charge in [0.25, 0.3) is 0 Å². The van der Waals surface area contributed by atoms with Crippen LogP contribution in [0.2, 0.25) is 0 Å². The molecule has 0 spiro atoms. The van der Waals surface area contributed by atoms with E-state index < -0.39 is 0 Å². The summed E-state index contributed by atoms with van der Waals surface area (Å²) in [4.78, 5) is 4.83. The predicted octanol–water partition coefficient (Wildman–Crippen LogP) is 4.24. The molecular formula is C18H12N4S. The Morgan fingerprint density at radius 2 is 1.91 bits per heavy atom. The lowest BCUT2D eigenvalue weighted by molar-refractivity contribution is 0.768. The maximum Gasteiger partial charge on any atom is 0.0991 e. The molecule has 0 bridgehead atoms. The van der Waals surface area contributed by atoms with E-state index in [1.165, 1.54) is 0 Å². The summed E-state index contributed by atoms with van der Waals surface area (Å²) in [6.07, 6.45) is 3.78. The second kappa shape index (κ2) is 5.34. The molecule has 0 aliphatic rings. The van der Waals surface area contributed by atoms with E-state index in [-0.39, 0.29) is 0 Å². The summed E-state index contributed by atoms with van der Waals surface area (Å²) in [5.74, 6) is 0. The molecule has 0 aliphatic carbocycles. The molecule has 0 fully saturated rings. The van der Waals surface area contributed by atoms with E-state index in [1.54, 1.807) is 16.0 Å². The van der Waals surface area contributed by atoms with Gasteiger partial charge in [-0.05, 0) is 29.8 Å². The minimum absolute atomic E-state index is 0.664. The highest BCUT2D eigenvalue weighted by atomic mass is 32.1. The summed E-state index contributed by atoms with van der Waals surface area (Å²) in [7, 11) is 1.90. The first-order valence-electron chi connectivity index (χ1n) is 7.12. The van der Waals surface area contributed by atoms with Crippen LogP contribution in [-0.4, -0.2) is 14.8 Å². The Morgan fingerprint density at radius 3 is 2.61 bits per heavy atom. The van der Waals surface area contributed by atoms with Crippen LogP contribution in [0.15, 0.2) is 54.2 Å². The average molecular weight is 316 g/mol. The Bertz CT molecular complexity index is 1040. The summed E-state index contributed by atoms with van der Waals surface area (Å²) in [6.45, 7) is 0. The summed E-state index contributed by atoms with van der Waals surface area (Å²) in [6, 6.07) is 13.9. The number of benzene rings is 1. The molecule has 4 rings (SSSR count). The lowest BCUT2D eigenvalue weighted by Gasteiger charge is -2.02. The zero-order chi connectivity index (χ0) is 15.8. The fraction of sp³-hybridized carbons (Fsp3) is 0.0556. The van der Waals surface area contributed by atoms with Crippen LogP contribution in [0.1, 0.15) is 5.56 Å². The van der Waals surface area contributed by atoms with E-state index in [4.69, 9.17) is 10.2 Å². The van der Waals surface area contributed by atoms with Crippen molar-refractivity contribution in [2.24, 2.45) is 7.05 Å². The van der Waals surface area contributed by atoms with Gasteiger partial charge < -0.3 is 0 Å². The molecule has 23 heavy (non-hydrogen) atoms. The number of pyridine rings is 1. The number of fused-ring (bicyclic) bond motifs is 1. The van der Waals surface area contributed by atoms with Crippen molar-refractivity contribution < 1.29 is 0 Å². The fourth-order valence-electron chi connectivity index (χ4n) is 2.56. The van der Waals surface area contributed by atoms with Crippen LogP contribution < -0.4 is 0 Å². The number of hydrogen-bond acceptors (Lipinski definition) is 4. The SMILES string of the molecule is Cn1cc(-c2ccc3scc(-c4ccc(C#N)cc4)c3n2)cn1. The van der Waals surface area contributed by atoms with E-state index in [0.29, 0.717) is 5.56 Å². The van der Waals surface area contributed by atoms with Crippen LogP contribution in [0.25, 0.3) is 32.6 Å². The average Bonchev–Trinajstić information content (AvgIpc) is 3.20. The molecular weight excluding hydrogens is 304 g/mol. The standard InChI is InChI=1S/C18H12N4S/c1-22-10-14(9-20-22)16-6-7-17-18(21-16)15(11-23-17)13-4-2-12(8-19)3-5-13/h2-7,9-11H,1H3. The van der Waals surface area contributed by atoms with Crippen LogP contribution in [0.5, 0.6) is 0 Å². The number of thiophene rings is 1. The molecule has 0 amide bonds. The van der Waals surface area contributed by atoms with Crippen molar-refractivity contribution in [1.29, 1.82) is 5.26 Å². The minimum Gasteiger partial charge on any atom is -0.275 e. The van der Waals surface area contributed by atoms with Gasteiger partial charge in [-0.2, -0.15) is 10.4 Å². The Labute approximate surface area is 137 Å². The molecule has 5 heteroatoms. The van der Waals surface area contributed by atoms with Crippen molar-refractivity contribution in [3.8, 4) is 28.5 Å². The number of aromatic nitrogens is 3. The number of hydrogen-bond donors (Lipinski definition) is 0. The molecule has 0 aliphatic heterocycles. The van der Waals surface area contributed by atoms with Crippen molar-refractivity contribution in [1.82, 2.24) is 14.8 Å². The lowest BCUT2D eigenvalue weighted by Crippen LogP contribution is -1.85. The van der Waals surface area contributed by atoms with E-state index in [9.17, 15) is 0 Å². The third-order valence-electron chi connectivity index (χ3n) is 3.74. The van der Waals surface area contributed by atoms with Gasteiger partial charge in [0.1, 0.15) is 0 Å². The predicted molar refractivity (Wildman–Crippen MR) is 92.0 cm³/mol. The quantitative estimate of drug-likeness (QED) is 0.556. The Kier molecular flexibility index (Phi) is 3.18. The first-order chi connectivity index (χ1) is 11.2. The molecule has 4 aromatic rings.